The molecule has 0 radical (unpaired) electrons. The topological polar surface area (TPSA) is 47.3 Å². The number of hydrogen-bond donors (Lipinski definition) is 0. The van der Waals surface area contributed by atoms with Gasteiger partial charge in [-0.05, 0) is 6.42 Å². The highest BCUT2D eigenvalue weighted by Crippen LogP contribution is 2.40. The molecule has 0 saturated carbocycles. The van der Waals surface area contributed by atoms with Gasteiger partial charge in [0.1, 0.15) is 0 Å². The lowest BCUT2D eigenvalue weighted by Gasteiger charge is -2.24. The molecule has 0 unspecified atom stereocenters. The minimum absolute atomic E-state index is 0.118. The maximum absolute atomic E-state index is 13.4. The van der Waals surface area contributed by atoms with Crippen LogP contribution in [-0.2, 0) is 14.5 Å². The van der Waals surface area contributed by atoms with Crippen molar-refractivity contribution in [1.82, 2.24) is 0 Å². The summed E-state index contributed by atoms with van der Waals surface area (Å²) in [5, 5.41) is 0. The first-order chi connectivity index (χ1) is 10.3. The van der Waals surface area contributed by atoms with Crippen molar-refractivity contribution in [2.75, 3.05) is 0 Å². The Morgan fingerprint density at radius 3 is 1.87 bits per heavy atom. The van der Waals surface area contributed by atoms with Crippen molar-refractivity contribution < 1.29 is 47.3 Å². The Bertz CT molecular complexity index is 616. The zero-order valence-corrected chi connectivity index (χ0v) is 12.1. The second-order valence-corrected chi connectivity index (χ2v) is 5.88. The molecule has 23 heavy (non-hydrogen) atoms. The third kappa shape index (κ3) is 5.61. The molecular weight excluding hydrogens is 359 g/mol. The van der Waals surface area contributed by atoms with Crippen LogP contribution in [0.15, 0.2) is 30.6 Å². The van der Waals surface area contributed by atoms with Gasteiger partial charge in [0.15, 0.2) is 12.4 Å². The molecule has 1 aromatic rings. The fourth-order valence-corrected chi connectivity index (χ4v) is 2.34. The summed E-state index contributed by atoms with van der Waals surface area (Å²) in [6, 6.07) is 3.55. The average molecular weight is 370 g/mol. The number of rotatable bonds is 7. The molecule has 0 aliphatic heterocycles. The quantitative estimate of drug-likeness (QED) is 0.548. The van der Waals surface area contributed by atoms with Crippen molar-refractivity contribution in [3.8, 4) is 0 Å². The molecule has 132 valence electrons. The normalized spacial score (nSPS) is 14.0. The van der Waals surface area contributed by atoms with E-state index in [1.54, 1.807) is 0 Å². The van der Waals surface area contributed by atoms with Crippen LogP contribution in [0.5, 0.6) is 0 Å². The van der Waals surface area contributed by atoms with Crippen molar-refractivity contribution in [2.45, 2.75) is 37.5 Å². The molecule has 1 heterocycles. The average Bonchev–Trinajstić information content (AvgIpc) is 2.36. The summed E-state index contributed by atoms with van der Waals surface area (Å²) < 4.78 is 115. The molecule has 0 aromatic carbocycles. The second kappa shape index (κ2) is 6.59. The van der Waals surface area contributed by atoms with E-state index in [2.05, 4.69) is 4.18 Å². The molecule has 0 bridgehead atoms. The van der Waals surface area contributed by atoms with Crippen LogP contribution in [0.2, 0.25) is 0 Å². The van der Waals surface area contributed by atoms with Gasteiger partial charge in [-0.15, -0.1) is 12.6 Å². The van der Waals surface area contributed by atoms with Gasteiger partial charge in [0.2, 0.25) is 0 Å². The highest BCUT2D eigenvalue weighted by Gasteiger charge is 2.61. The first-order valence-electron chi connectivity index (χ1n) is 6.02. The van der Waals surface area contributed by atoms with Crippen LogP contribution in [0.1, 0.15) is 19.3 Å². The van der Waals surface area contributed by atoms with Crippen molar-refractivity contribution >= 4 is 10.3 Å². The monoisotopic (exact) mass is 370 g/mol. The van der Waals surface area contributed by atoms with E-state index in [4.69, 9.17) is 0 Å². The standard InChI is InChI=1S/C11H11F7NO3S/c12-9(13,5-4-6-10(14,15)16)11(17,18)22-23(20,21)19-7-2-1-3-8-19/h1-3,7-8H,4-6H2/q+1. The molecule has 0 atom stereocenters. The van der Waals surface area contributed by atoms with E-state index >= 15 is 0 Å². The highest BCUT2D eigenvalue weighted by atomic mass is 32.2. The molecule has 0 aliphatic carbocycles. The molecule has 0 fully saturated rings. The van der Waals surface area contributed by atoms with Crippen LogP contribution >= 0.6 is 0 Å². The third-order valence-electron chi connectivity index (χ3n) is 2.53. The third-order valence-corrected chi connectivity index (χ3v) is 3.71. The molecule has 0 N–H and O–H groups in total. The van der Waals surface area contributed by atoms with Crippen LogP contribution in [0.4, 0.5) is 30.7 Å². The van der Waals surface area contributed by atoms with Gasteiger partial charge < -0.3 is 0 Å². The van der Waals surface area contributed by atoms with Crippen LogP contribution < -0.4 is 3.97 Å². The van der Waals surface area contributed by atoms with Gasteiger partial charge >= 0.3 is 28.5 Å². The molecule has 1 rings (SSSR count). The van der Waals surface area contributed by atoms with E-state index in [1.165, 1.54) is 6.07 Å². The first-order valence-corrected chi connectivity index (χ1v) is 7.38. The SMILES string of the molecule is O=S(=O)(OC(F)(F)C(F)(F)CCCC(F)(F)F)[n+]1ccccc1. The first kappa shape index (κ1) is 19.6. The second-order valence-electron chi connectivity index (χ2n) is 4.44. The summed E-state index contributed by atoms with van der Waals surface area (Å²) in [7, 11) is -5.29. The van der Waals surface area contributed by atoms with Crippen molar-refractivity contribution in [1.29, 1.82) is 0 Å². The molecule has 0 saturated heterocycles. The Labute approximate surface area is 126 Å². The molecule has 4 nitrogen and oxygen atoms in total. The fraction of sp³-hybridized carbons (Fsp3) is 0.545. The Kier molecular flexibility index (Phi) is 5.62. The lowest BCUT2D eigenvalue weighted by molar-refractivity contribution is -0.526. The number of halogens is 7. The van der Waals surface area contributed by atoms with Gasteiger partial charge in [-0.25, -0.2) is 0 Å². The zero-order chi connectivity index (χ0) is 17.9. The summed E-state index contributed by atoms with van der Waals surface area (Å²) in [4.78, 5) is 0. The fourth-order valence-electron chi connectivity index (χ4n) is 1.42. The van der Waals surface area contributed by atoms with E-state index in [1.807, 2.05) is 0 Å². The van der Waals surface area contributed by atoms with Crippen LogP contribution in [-0.4, -0.2) is 26.6 Å². The summed E-state index contributed by atoms with van der Waals surface area (Å²) >= 11 is 0. The number of hydrogen-bond acceptors (Lipinski definition) is 3. The highest BCUT2D eigenvalue weighted by molar-refractivity contribution is 7.80. The smallest absolute Gasteiger partial charge is 0.197 e. The Hall–Kier alpha value is -1.43. The number of pyridine rings is 1. The van der Waals surface area contributed by atoms with E-state index < -0.39 is 47.8 Å². The zero-order valence-electron chi connectivity index (χ0n) is 11.2. The molecule has 0 amide bonds. The number of nitrogens with zero attached hydrogens (tertiary/aromatic N) is 1. The Morgan fingerprint density at radius 2 is 1.39 bits per heavy atom. The molecule has 0 spiro atoms. The summed E-state index contributed by atoms with van der Waals surface area (Å²) in [5.41, 5.74) is 0. The minimum atomic E-state index is -5.50. The van der Waals surface area contributed by atoms with Crippen molar-refractivity contribution in [3.05, 3.63) is 30.6 Å². The van der Waals surface area contributed by atoms with Crippen LogP contribution in [0.3, 0.4) is 0 Å². The lowest BCUT2D eigenvalue weighted by Crippen LogP contribution is -2.52. The van der Waals surface area contributed by atoms with Crippen LogP contribution in [0.25, 0.3) is 0 Å². The van der Waals surface area contributed by atoms with Gasteiger partial charge in [0, 0.05) is 25.0 Å². The molecule has 0 aliphatic rings. The molecular formula is C11H11F7NO3S+. The summed E-state index contributed by atoms with van der Waals surface area (Å²) in [6.45, 7) is 0. The van der Waals surface area contributed by atoms with Crippen molar-refractivity contribution in [3.63, 3.8) is 0 Å². The van der Waals surface area contributed by atoms with E-state index in [9.17, 15) is 39.2 Å². The van der Waals surface area contributed by atoms with E-state index in [-0.39, 0.29) is 3.97 Å². The largest absolute Gasteiger partial charge is 0.519 e. The van der Waals surface area contributed by atoms with E-state index in [0.717, 1.165) is 24.5 Å². The van der Waals surface area contributed by atoms with E-state index in [0.29, 0.717) is 0 Å². The lowest BCUT2D eigenvalue weighted by atomic mass is 10.1. The Morgan fingerprint density at radius 1 is 0.870 bits per heavy atom. The predicted octanol–water partition coefficient (Wildman–Crippen LogP) is 3.04. The van der Waals surface area contributed by atoms with Crippen molar-refractivity contribution in [2.24, 2.45) is 0 Å². The predicted molar refractivity (Wildman–Crippen MR) is 61.8 cm³/mol. The van der Waals surface area contributed by atoms with Crippen LogP contribution in [0, 0.1) is 0 Å². The maximum Gasteiger partial charge on any atom is 0.519 e. The van der Waals surface area contributed by atoms with Gasteiger partial charge in [0.25, 0.3) is 0 Å². The minimum Gasteiger partial charge on any atom is -0.197 e. The van der Waals surface area contributed by atoms with Gasteiger partial charge in [-0.2, -0.15) is 30.7 Å². The van der Waals surface area contributed by atoms with Gasteiger partial charge in [-0.1, -0.05) is 10.0 Å². The molecule has 12 heteroatoms. The van der Waals surface area contributed by atoms with Gasteiger partial charge in [0.05, 0.1) is 0 Å². The number of aromatic nitrogens is 1. The Balaban J connectivity index is 2.84. The maximum atomic E-state index is 13.4. The summed E-state index contributed by atoms with van der Waals surface area (Å²) in [5.74, 6) is -5.10. The van der Waals surface area contributed by atoms with Gasteiger partial charge in [-0.3, -0.25) is 0 Å². The summed E-state index contributed by atoms with van der Waals surface area (Å²) in [6.07, 6.45) is -13.7. The number of alkyl halides is 7. The molecule has 1 aromatic heterocycles.